The van der Waals surface area contributed by atoms with E-state index in [0.29, 0.717) is 0 Å². The second-order valence-corrected chi connectivity index (χ2v) is 3.43. The quantitative estimate of drug-likeness (QED) is 0.317. The molecule has 5 nitrogen and oxygen atoms in total. The van der Waals surface area contributed by atoms with Gasteiger partial charge in [-0.2, -0.15) is 0 Å². The van der Waals surface area contributed by atoms with E-state index in [9.17, 15) is 9.59 Å². The zero-order valence-corrected chi connectivity index (χ0v) is 7.62. The molecule has 13 heavy (non-hydrogen) atoms. The maximum Gasteiger partial charge on any atom is 0.354 e. The van der Waals surface area contributed by atoms with Crippen LogP contribution in [0.15, 0.2) is 0 Å². The molecule has 0 aromatic heterocycles. The molecular weight excluding hydrogens is 176 g/mol. The largest absolute Gasteiger partial charge is 0.466 e. The van der Waals surface area contributed by atoms with Crippen LogP contribution in [0.5, 0.6) is 0 Å². The molecule has 0 saturated carbocycles. The van der Waals surface area contributed by atoms with Gasteiger partial charge in [0.1, 0.15) is 6.10 Å². The summed E-state index contributed by atoms with van der Waals surface area (Å²) in [5.41, 5.74) is -2.32. The lowest BCUT2D eigenvalue weighted by molar-refractivity contribution is -0.163. The topological polar surface area (TPSA) is 65.1 Å². The molecule has 2 aliphatic rings. The zero-order valence-electron chi connectivity index (χ0n) is 7.62. The number of epoxide rings is 1. The Morgan fingerprint density at radius 3 is 2.54 bits per heavy atom. The molecule has 72 valence electrons. The summed E-state index contributed by atoms with van der Waals surface area (Å²) in [6, 6.07) is 0. The lowest BCUT2D eigenvalue weighted by atomic mass is 9.93. The van der Waals surface area contributed by atoms with Gasteiger partial charge in [-0.05, 0) is 13.8 Å². The van der Waals surface area contributed by atoms with E-state index in [2.05, 4.69) is 4.74 Å². The zero-order chi connectivity index (χ0) is 9.85. The van der Waals surface area contributed by atoms with E-state index in [1.807, 2.05) is 0 Å². The van der Waals surface area contributed by atoms with Crippen molar-refractivity contribution in [3.8, 4) is 0 Å². The molecule has 2 heterocycles. The molecule has 0 amide bonds. The minimum Gasteiger partial charge on any atom is -0.466 e. The van der Waals surface area contributed by atoms with Gasteiger partial charge in [-0.15, -0.1) is 0 Å². The van der Waals surface area contributed by atoms with Crippen LogP contribution in [0.4, 0.5) is 0 Å². The Hall–Kier alpha value is -1.10. The third-order valence-electron chi connectivity index (χ3n) is 2.84. The summed E-state index contributed by atoms with van der Waals surface area (Å²) < 4.78 is 14.5. The predicted molar refractivity (Wildman–Crippen MR) is 39.8 cm³/mol. The van der Waals surface area contributed by atoms with Crippen molar-refractivity contribution in [2.45, 2.75) is 31.2 Å². The Morgan fingerprint density at radius 2 is 2.23 bits per heavy atom. The maximum atomic E-state index is 11.3. The van der Waals surface area contributed by atoms with E-state index in [1.165, 1.54) is 7.11 Å². The average Bonchev–Trinajstić information content (AvgIpc) is 2.68. The van der Waals surface area contributed by atoms with E-state index in [-0.39, 0.29) is 0 Å². The fourth-order valence-corrected chi connectivity index (χ4v) is 1.73. The van der Waals surface area contributed by atoms with Gasteiger partial charge in [-0.1, -0.05) is 0 Å². The summed E-state index contributed by atoms with van der Waals surface area (Å²) in [6.45, 7) is 3.36. The highest BCUT2D eigenvalue weighted by Crippen LogP contribution is 2.57. The van der Waals surface area contributed by atoms with Gasteiger partial charge in [-0.25, -0.2) is 9.59 Å². The summed E-state index contributed by atoms with van der Waals surface area (Å²) in [7, 11) is 1.22. The molecule has 2 aliphatic heterocycles. The van der Waals surface area contributed by atoms with Crippen molar-refractivity contribution >= 4 is 11.9 Å². The number of carbonyl (C=O) groups is 2. The number of carbonyl (C=O) groups excluding carboxylic acids is 2. The molecule has 3 atom stereocenters. The van der Waals surface area contributed by atoms with Crippen LogP contribution < -0.4 is 0 Å². The van der Waals surface area contributed by atoms with E-state index in [0.717, 1.165) is 0 Å². The van der Waals surface area contributed by atoms with Gasteiger partial charge in [0, 0.05) is 0 Å². The van der Waals surface area contributed by atoms with Gasteiger partial charge >= 0.3 is 11.9 Å². The molecule has 5 heteroatoms. The third-order valence-corrected chi connectivity index (χ3v) is 2.84. The highest BCUT2D eigenvalue weighted by Gasteiger charge is 2.86. The van der Waals surface area contributed by atoms with Crippen molar-refractivity contribution in [3.63, 3.8) is 0 Å². The molecule has 0 aliphatic carbocycles. The minimum absolute atomic E-state index is 0.404. The van der Waals surface area contributed by atoms with Crippen molar-refractivity contribution < 1.29 is 23.8 Å². The number of hydrogen-bond acceptors (Lipinski definition) is 5. The summed E-state index contributed by atoms with van der Waals surface area (Å²) in [4.78, 5) is 22.6. The maximum absolute atomic E-state index is 11.3. The van der Waals surface area contributed by atoms with Crippen LogP contribution in [0.25, 0.3) is 0 Å². The Kier molecular flexibility index (Phi) is 1.33. The summed E-state index contributed by atoms with van der Waals surface area (Å²) in [6.07, 6.45) is -0.404. The van der Waals surface area contributed by atoms with Gasteiger partial charge in [0.15, 0.2) is 5.60 Å². The Bertz CT molecular complexity index is 289. The Morgan fingerprint density at radius 1 is 1.62 bits per heavy atom. The van der Waals surface area contributed by atoms with Crippen molar-refractivity contribution in [2.24, 2.45) is 0 Å². The standard InChI is InChI=1S/C8H10O5/c1-4-7(2)8(13-7,5(9)11-3)6(10)12-4/h4H,1-3H3. The third kappa shape index (κ3) is 0.670. The second-order valence-electron chi connectivity index (χ2n) is 3.43. The van der Waals surface area contributed by atoms with Gasteiger partial charge in [-0.3, -0.25) is 0 Å². The van der Waals surface area contributed by atoms with Crippen LogP contribution in [-0.4, -0.2) is 36.4 Å². The summed E-state index contributed by atoms with van der Waals surface area (Å²) in [5, 5.41) is 0. The van der Waals surface area contributed by atoms with Crippen LogP contribution in [0.1, 0.15) is 13.8 Å². The van der Waals surface area contributed by atoms with E-state index < -0.39 is 29.2 Å². The van der Waals surface area contributed by atoms with Crippen LogP contribution >= 0.6 is 0 Å². The first-order valence-corrected chi connectivity index (χ1v) is 3.98. The molecule has 0 aromatic carbocycles. The molecule has 0 spiro atoms. The first-order valence-electron chi connectivity index (χ1n) is 3.98. The lowest BCUT2D eigenvalue weighted by Crippen LogP contribution is -2.37. The van der Waals surface area contributed by atoms with Gasteiger partial charge in [0.2, 0.25) is 0 Å². The van der Waals surface area contributed by atoms with Crippen LogP contribution in [-0.2, 0) is 23.8 Å². The fourth-order valence-electron chi connectivity index (χ4n) is 1.73. The predicted octanol–water partition coefficient (Wildman–Crippen LogP) is -0.368. The Labute approximate surface area is 74.9 Å². The number of cyclic esters (lactones) is 1. The van der Waals surface area contributed by atoms with E-state index in [1.54, 1.807) is 13.8 Å². The Balaban J connectivity index is 2.37. The average molecular weight is 186 g/mol. The number of fused-ring (bicyclic) bond motifs is 1. The smallest absolute Gasteiger partial charge is 0.354 e. The van der Waals surface area contributed by atoms with E-state index >= 15 is 0 Å². The van der Waals surface area contributed by atoms with Gasteiger partial charge < -0.3 is 14.2 Å². The molecule has 0 N–H and O–H groups in total. The molecule has 2 saturated heterocycles. The molecule has 2 fully saturated rings. The van der Waals surface area contributed by atoms with Gasteiger partial charge in [0.05, 0.1) is 7.11 Å². The number of rotatable bonds is 1. The summed E-state index contributed by atoms with van der Waals surface area (Å²) >= 11 is 0. The number of hydrogen-bond donors (Lipinski definition) is 0. The lowest BCUT2D eigenvalue weighted by Gasteiger charge is -2.08. The SMILES string of the molecule is COC(=O)C12OC1(C)C(C)OC2=O. The van der Waals surface area contributed by atoms with E-state index in [4.69, 9.17) is 9.47 Å². The monoisotopic (exact) mass is 186 g/mol. The molecule has 2 rings (SSSR count). The highest BCUT2D eigenvalue weighted by molar-refractivity contribution is 6.10. The first-order chi connectivity index (χ1) is 5.99. The van der Waals surface area contributed by atoms with Gasteiger partial charge in [0.25, 0.3) is 5.60 Å². The van der Waals surface area contributed by atoms with Crippen molar-refractivity contribution in [1.82, 2.24) is 0 Å². The van der Waals surface area contributed by atoms with Crippen LogP contribution in [0, 0.1) is 0 Å². The van der Waals surface area contributed by atoms with Crippen molar-refractivity contribution in [3.05, 3.63) is 0 Å². The first kappa shape index (κ1) is 8.50. The number of ether oxygens (including phenoxy) is 3. The normalized spacial score (nSPS) is 46.7. The number of esters is 2. The van der Waals surface area contributed by atoms with Crippen molar-refractivity contribution in [1.29, 1.82) is 0 Å². The number of methoxy groups -OCH3 is 1. The summed E-state index contributed by atoms with van der Waals surface area (Å²) in [5.74, 6) is -1.32. The highest BCUT2D eigenvalue weighted by atomic mass is 16.7. The molecular formula is C8H10O5. The minimum atomic E-state index is -1.48. The molecule has 0 radical (unpaired) electrons. The molecule has 3 unspecified atom stereocenters. The molecule has 0 bridgehead atoms. The van der Waals surface area contributed by atoms with Crippen molar-refractivity contribution in [2.75, 3.05) is 7.11 Å². The fraction of sp³-hybridized carbons (Fsp3) is 0.750. The van der Waals surface area contributed by atoms with Crippen LogP contribution in [0.3, 0.4) is 0 Å². The molecule has 0 aromatic rings. The second kappa shape index (κ2) is 2.04. The van der Waals surface area contributed by atoms with Crippen LogP contribution in [0.2, 0.25) is 0 Å².